The Morgan fingerprint density at radius 2 is 1.97 bits per heavy atom. The molecule has 0 radical (unpaired) electrons. The smallest absolute Gasteiger partial charge is 0.251 e. The van der Waals surface area contributed by atoms with Gasteiger partial charge >= 0.3 is 0 Å². The summed E-state index contributed by atoms with van der Waals surface area (Å²) < 4.78 is 27.4. The van der Waals surface area contributed by atoms with Crippen molar-refractivity contribution in [3.05, 3.63) is 66.7 Å². The maximum absolute atomic E-state index is 13.1. The molecular weight excluding hydrogens is 520 g/mol. The molecule has 5 rings (SSSR count). The number of aromatic nitrogens is 3. The van der Waals surface area contributed by atoms with Crippen LogP contribution in [0.3, 0.4) is 0 Å². The highest BCUT2D eigenvalue weighted by Gasteiger charge is 2.53. The molecule has 3 aromatic rings. The highest BCUT2D eigenvalue weighted by atomic mass is 32.2. The molecule has 2 amide bonds. The normalized spacial score (nSPS) is 20.1. The van der Waals surface area contributed by atoms with Crippen LogP contribution in [-0.4, -0.2) is 81.9 Å². The molecular formula is C27H30N6O5S. The van der Waals surface area contributed by atoms with E-state index in [-0.39, 0.29) is 41.4 Å². The SMILES string of the molecule is CC(CCNC(=O)c1ccc(-c2ncc[nH]2)cc1)CC(=O)N1CCC2C1C(=O)CN2S(=O)(=O)c1cccnc1. The van der Waals surface area contributed by atoms with Gasteiger partial charge in [-0.1, -0.05) is 19.1 Å². The van der Waals surface area contributed by atoms with E-state index in [9.17, 15) is 22.8 Å². The van der Waals surface area contributed by atoms with Crippen LogP contribution < -0.4 is 5.32 Å². The summed E-state index contributed by atoms with van der Waals surface area (Å²) in [5.41, 5.74) is 1.41. The molecule has 2 aliphatic heterocycles. The molecule has 204 valence electrons. The number of amides is 2. The van der Waals surface area contributed by atoms with Crippen molar-refractivity contribution in [2.24, 2.45) is 5.92 Å². The lowest BCUT2D eigenvalue weighted by Gasteiger charge is -2.25. The molecule has 39 heavy (non-hydrogen) atoms. The minimum absolute atomic E-state index is 0.0346. The molecule has 2 fully saturated rings. The van der Waals surface area contributed by atoms with Crippen LogP contribution in [0.25, 0.3) is 11.4 Å². The number of likely N-dealkylation sites (tertiary alicyclic amines) is 1. The Morgan fingerprint density at radius 3 is 2.67 bits per heavy atom. The van der Waals surface area contributed by atoms with Crippen molar-refractivity contribution < 1.29 is 22.8 Å². The third kappa shape index (κ3) is 5.48. The molecule has 3 atom stereocenters. The van der Waals surface area contributed by atoms with Crippen molar-refractivity contribution in [2.45, 2.75) is 43.2 Å². The Morgan fingerprint density at radius 1 is 1.18 bits per heavy atom. The van der Waals surface area contributed by atoms with Gasteiger partial charge in [0.1, 0.15) is 16.8 Å². The number of carbonyl (C=O) groups excluding carboxylic acids is 3. The van der Waals surface area contributed by atoms with Gasteiger partial charge in [-0.2, -0.15) is 4.31 Å². The first-order chi connectivity index (χ1) is 18.8. The summed E-state index contributed by atoms with van der Waals surface area (Å²) in [7, 11) is -3.89. The van der Waals surface area contributed by atoms with Gasteiger partial charge in [0.05, 0.1) is 12.6 Å². The van der Waals surface area contributed by atoms with Crippen molar-refractivity contribution in [1.82, 2.24) is 29.5 Å². The van der Waals surface area contributed by atoms with Gasteiger partial charge in [0, 0.05) is 55.4 Å². The number of ketones is 1. The molecule has 12 heteroatoms. The van der Waals surface area contributed by atoms with Crippen molar-refractivity contribution in [3.8, 4) is 11.4 Å². The zero-order valence-corrected chi connectivity index (χ0v) is 22.3. The number of sulfonamides is 1. The van der Waals surface area contributed by atoms with E-state index < -0.39 is 22.1 Å². The number of imidazole rings is 1. The van der Waals surface area contributed by atoms with Crippen LogP contribution in [-0.2, 0) is 19.6 Å². The van der Waals surface area contributed by atoms with E-state index in [0.29, 0.717) is 31.5 Å². The average Bonchev–Trinajstić information content (AvgIpc) is 3.68. The summed E-state index contributed by atoms with van der Waals surface area (Å²) >= 11 is 0. The van der Waals surface area contributed by atoms with Crippen LogP contribution in [0.15, 0.2) is 66.1 Å². The Hall–Kier alpha value is -3.90. The fourth-order valence-electron chi connectivity index (χ4n) is 5.26. The molecule has 2 aromatic heterocycles. The van der Waals surface area contributed by atoms with Crippen LogP contribution in [0, 0.1) is 5.92 Å². The number of nitrogens with one attached hydrogen (secondary N) is 2. The summed E-state index contributed by atoms with van der Waals surface area (Å²) in [6.07, 6.45) is 7.35. The number of pyridine rings is 1. The molecule has 1 aromatic carbocycles. The molecule has 11 nitrogen and oxygen atoms in total. The first-order valence-electron chi connectivity index (χ1n) is 12.9. The zero-order valence-electron chi connectivity index (χ0n) is 21.5. The number of Topliss-reactive ketones (excluding diaryl/α,β-unsaturated/α-hetero) is 1. The van der Waals surface area contributed by atoms with Gasteiger partial charge in [0.25, 0.3) is 5.91 Å². The molecule has 2 aliphatic rings. The first kappa shape index (κ1) is 26.7. The number of benzene rings is 1. The van der Waals surface area contributed by atoms with Gasteiger partial charge in [-0.05, 0) is 43.0 Å². The minimum atomic E-state index is -3.89. The summed E-state index contributed by atoms with van der Waals surface area (Å²) in [5.74, 6) is 0.0466. The predicted octanol–water partition coefficient (Wildman–Crippen LogP) is 1.86. The average molecular weight is 551 g/mol. The quantitative estimate of drug-likeness (QED) is 0.414. The molecule has 4 heterocycles. The number of carbonyl (C=O) groups is 3. The van der Waals surface area contributed by atoms with Crippen LogP contribution >= 0.6 is 0 Å². The Balaban J connectivity index is 1.12. The number of H-pyrrole nitrogens is 1. The lowest BCUT2D eigenvalue weighted by Crippen LogP contribution is -2.44. The minimum Gasteiger partial charge on any atom is -0.352 e. The van der Waals surface area contributed by atoms with Gasteiger partial charge in [0.2, 0.25) is 15.9 Å². The lowest BCUT2D eigenvalue weighted by molar-refractivity contribution is -0.137. The topological polar surface area (TPSA) is 145 Å². The van der Waals surface area contributed by atoms with Crippen LogP contribution in [0.5, 0.6) is 0 Å². The number of hydrogen-bond acceptors (Lipinski definition) is 7. The summed E-state index contributed by atoms with van der Waals surface area (Å²) in [6, 6.07) is 8.78. The van der Waals surface area contributed by atoms with E-state index in [4.69, 9.17) is 0 Å². The maximum atomic E-state index is 13.1. The van der Waals surface area contributed by atoms with E-state index in [1.165, 1.54) is 33.7 Å². The standard InChI is InChI=1S/C27H30N6O5S/c1-18(8-11-31-27(36)20-6-4-19(5-7-20)26-29-12-13-30-26)15-24(35)32-14-9-22-25(32)23(34)17-33(22)39(37,38)21-3-2-10-28-16-21/h2-7,10,12-13,16,18,22,25H,8-9,11,14-15,17H2,1H3,(H,29,30)(H,31,36). The second-order valence-electron chi connectivity index (χ2n) is 9.96. The number of nitrogens with zero attached hydrogens (tertiary/aromatic N) is 4. The fourth-order valence-corrected chi connectivity index (χ4v) is 6.85. The predicted molar refractivity (Wildman–Crippen MR) is 142 cm³/mol. The van der Waals surface area contributed by atoms with E-state index >= 15 is 0 Å². The van der Waals surface area contributed by atoms with E-state index in [2.05, 4.69) is 20.3 Å². The van der Waals surface area contributed by atoms with E-state index in [1.54, 1.807) is 24.5 Å². The van der Waals surface area contributed by atoms with Crippen LogP contribution in [0.1, 0.15) is 36.5 Å². The molecule has 2 N–H and O–H groups in total. The number of fused-ring (bicyclic) bond motifs is 1. The summed E-state index contributed by atoms with van der Waals surface area (Å²) in [5, 5.41) is 2.89. The van der Waals surface area contributed by atoms with Gasteiger partial charge < -0.3 is 15.2 Å². The summed E-state index contributed by atoms with van der Waals surface area (Å²) in [4.78, 5) is 51.2. The molecule has 0 saturated carbocycles. The highest BCUT2D eigenvalue weighted by molar-refractivity contribution is 7.89. The van der Waals surface area contributed by atoms with Gasteiger partial charge in [-0.15, -0.1) is 0 Å². The molecule has 0 aliphatic carbocycles. The van der Waals surface area contributed by atoms with Crippen LogP contribution in [0.2, 0.25) is 0 Å². The molecule has 0 spiro atoms. The second kappa shape index (κ2) is 11.1. The third-order valence-corrected chi connectivity index (χ3v) is 9.16. The van der Waals surface area contributed by atoms with Crippen molar-refractivity contribution in [1.29, 1.82) is 0 Å². The Labute approximate surface area is 226 Å². The molecule has 3 unspecified atom stereocenters. The zero-order chi connectivity index (χ0) is 27.6. The van der Waals surface area contributed by atoms with Gasteiger partial charge in [-0.25, -0.2) is 13.4 Å². The Bertz CT molecular complexity index is 1440. The number of hydrogen-bond donors (Lipinski definition) is 2. The van der Waals surface area contributed by atoms with Gasteiger partial charge in [-0.3, -0.25) is 19.4 Å². The Kier molecular flexibility index (Phi) is 7.58. The highest BCUT2D eigenvalue weighted by Crippen LogP contribution is 2.34. The van der Waals surface area contributed by atoms with Gasteiger partial charge in [0.15, 0.2) is 5.78 Å². The molecule has 2 saturated heterocycles. The third-order valence-electron chi connectivity index (χ3n) is 7.30. The monoisotopic (exact) mass is 550 g/mol. The second-order valence-corrected chi connectivity index (χ2v) is 11.9. The lowest BCUT2D eigenvalue weighted by atomic mass is 10.0. The van der Waals surface area contributed by atoms with Crippen molar-refractivity contribution in [2.75, 3.05) is 19.6 Å². The fraction of sp³-hybridized carbons (Fsp3) is 0.370. The largest absolute Gasteiger partial charge is 0.352 e. The maximum Gasteiger partial charge on any atom is 0.251 e. The van der Waals surface area contributed by atoms with Crippen molar-refractivity contribution >= 4 is 27.6 Å². The first-order valence-corrected chi connectivity index (χ1v) is 14.3. The van der Waals surface area contributed by atoms with E-state index in [0.717, 1.165) is 11.4 Å². The number of rotatable bonds is 9. The van der Waals surface area contributed by atoms with Crippen LogP contribution in [0.4, 0.5) is 0 Å². The van der Waals surface area contributed by atoms with E-state index in [1.807, 2.05) is 19.1 Å². The molecule has 0 bridgehead atoms. The van der Waals surface area contributed by atoms with Crippen molar-refractivity contribution in [3.63, 3.8) is 0 Å². The number of aromatic amines is 1. The summed E-state index contributed by atoms with van der Waals surface area (Å²) in [6.45, 7) is 2.40.